The number of rotatable bonds is 7. The smallest absolute Gasteiger partial charge is 0.273 e. The number of thiazole rings is 1. The van der Waals surface area contributed by atoms with Crippen molar-refractivity contribution in [1.29, 1.82) is 5.26 Å². The van der Waals surface area contributed by atoms with E-state index in [9.17, 15) is 33.4 Å². The molecule has 1 fully saturated rings. The molecule has 1 amide bonds. The molecule has 0 radical (unpaired) electrons. The minimum absolute atomic E-state index is 0.0309. The molecule has 1 N–H and O–H groups in total. The maximum Gasteiger partial charge on any atom is 0.273 e. The number of sulfonamides is 1. The van der Waals surface area contributed by atoms with Crippen LogP contribution in [0.2, 0.25) is 0 Å². The third-order valence-corrected chi connectivity index (χ3v) is 10.1. The van der Waals surface area contributed by atoms with Gasteiger partial charge < -0.3 is 5.32 Å². The topological polar surface area (TPSA) is 155 Å². The van der Waals surface area contributed by atoms with Crippen molar-refractivity contribution in [1.82, 2.24) is 8.87 Å². The predicted molar refractivity (Wildman–Crippen MR) is 167 cm³/mol. The average molecular weight is 630 g/mol. The lowest BCUT2D eigenvalue weighted by molar-refractivity contribution is -0.384. The fourth-order valence-corrected chi connectivity index (χ4v) is 7.47. The number of benzene rings is 3. The van der Waals surface area contributed by atoms with Crippen molar-refractivity contribution in [3.8, 4) is 11.8 Å². The van der Waals surface area contributed by atoms with Gasteiger partial charge in [-0.05, 0) is 73.9 Å². The molecule has 4 aromatic rings. The van der Waals surface area contributed by atoms with Crippen molar-refractivity contribution >= 4 is 50.3 Å². The second kappa shape index (κ2) is 12.8. The summed E-state index contributed by atoms with van der Waals surface area (Å²) in [6.07, 6.45) is 4.07. The maximum atomic E-state index is 13.7. The van der Waals surface area contributed by atoms with E-state index >= 15 is 0 Å². The first kappa shape index (κ1) is 30.6. The summed E-state index contributed by atoms with van der Waals surface area (Å²) in [5.41, 5.74) is 1.15. The number of carbonyl (C=O) groups excluding carboxylic acids is 1. The standard InChI is InChI=1S/C31H27N5O6S2/c1-21-8-12-24(13-9-21)35-30(38)28(18-22-10-14-25(15-11-22)36(39)40)43-31(35)27(20-32)29(37)33-23-6-5-7-26(19-23)44(41,42)34-16-3-2-4-17-34/h5-15,18-19H,2-4,16-17H2,1H3,(H,33,37)/b28-18+,31-27-. The Morgan fingerprint density at radius 3 is 2.36 bits per heavy atom. The largest absolute Gasteiger partial charge is 0.321 e. The number of nitriles is 1. The zero-order valence-electron chi connectivity index (χ0n) is 23.6. The fraction of sp³-hybridized carbons (Fsp3) is 0.194. The van der Waals surface area contributed by atoms with Crippen LogP contribution in [0.4, 0.5) is 11.4 Å². The molecule has 0 bridgehead atoms. The Morgan fingerprint density at radius 1 is 1.05 bits per heavy atom. The van der Waals surface area contributed by atoms with Gasteiger partial charge in [-0.15, -0.1) is 11.3 Å². The lowest BCUT2D eigenvalue weighted by atomic mass is 10.2. The molecule has 11 nitrogen and oxygen atoms in total. The van der Waals surface area contributed by atoms with Gasteiger partial charge in [-0.25, -0.2) is 8.42 Å². The summed E-state index contributed by atoms with van der Waals surface area (Å²) in [5.74, 6) is -0.816. The number of nitrogens with zero attached hydrogens (tertiary/aromatic N) is 4. The van der Waals surface area contributed by atoms with Gasteiger partial charge in [-0.3, -0.25) is 24.3 Å². The number of aryl methyl sites for hydroxylation is 1. The minimum atomic E-state index is -3.76. The van der Waals surface area contributed by atoms with Crippen LogP contribution in [0, 0.1) is 28.4 Å². The van der Waals surface area contributed by atoms with E-state index in [0.717, 1.165) is 36.2 Å². The van der Waals surface area contributed by atoms with Gasteiger partial charge in [0.1, 0.15) is 10.7 Å². The average Bonchev–Trinajstić information content (AvgIpc) is 3.33. The molecule has 44 heavy (non-hydrogen) atoms. The molecule has 3 aromatic carbocycles. The number of non-ortho nitro benzene ring substituents is 1. The number of piperidine rings is 1. The Labute approximate surface area is 256 Å². The predicted octanol–water partition coefficient (Wildman–Crippen LogP) is 3.43. The van der Waals surface area contributed by atoms with Crippen LogP contribution in [0.3, 0.4) is 0 Å². The first-order valence-corrected chi connectivity index (χ1v) is 16.0. The summed E-state index contributed by atoms with van der Waals surface area (Å²) < 4.78 is 29.3. The molecule has 0 saturated carbocycles. The van der Waals surface area contributed by atoms with Crippen LogP contribution in [0.15, 0.2) is 82.5 Å². The number of carbonyl (C=O) groups is 1. The molecule has 0 atom stereocenters. The van der Waals surface area contributed by atoms with Gasteiger partial charge in [0.05, 0.1) is 20.0 Å². The van der Waals surface area contributed by atoms with E-state index in [1.807, 2.05) is 13.0 Å². The van der Waals surface area contributed by atoms with Crippen LogP contribution in [0.5, 0.6) is 0 Å². The Balaban J connectivity index is 1.59. The van der Waals surface area contributed by atoms with E-state index in [4.69, 9.17) is 0 Å². The second-order valence-corrected chi connectivity index (χ2v) is 13.1. The highest BCUT2D eigenvalue weighted by Gasteiger charge is 2.26. The lowest BCUT2D eigenvalue weighted by Crippen LogP contribution is -2.35. The van der Waals surface area contributed by atoms with Gasteiger partial charge in [-0.1, -0.05) is 30.2 Å². The van der Waals surface area contributed by atoms with Gasteiger partial charge in [0, 0.05) is 30.9 Å². The summed E-state index contributed by atoms with van der Waals surface area (Å²) >= 11 is 0.926. The maximum absolute atomic E-state index is 13.7. The molecule has 1 aromatic heterocycles. The summed E-state index contributed by atoms with van der Waals surface area (Å²) in [4.78, 5) is 37.7. The molecule has 5 rings (SSSR count). The molecule has 2 heterocycles. The molecular formula is C31H27N5O6S2. The molecule has 1 saturated heterocycles. The normalized spacial score (nSPS) is 15.0. The fourth-order valence-electron chi connectivity index (χ4n) is 4.80. The quantitative estimate of drug-likeness (QED) is 0.243. The minimum Gasteiger partial charge on any atom is -0.321 e. The number of nitro groups is 1. The second-order valence-electron chi connectivity index (χ2n) is 10.2. The Morgan fingerprint density at radius 2 is 1.73 bits per heavy atom. The first-order chi connectivity index (χ1) is 21.1. The van der Waals surface area contributed by atoms with Gasteiger partial charge in [-0.2, -0.15) is 9.57 Å². The van der Waals surface area contributed by atoms with Gasteiger partial charge >= 0.3 is 0 Å². The third-order valence-electron chi connectivity index (χ3n) is 7.11. The van der Waals surface area contributed by atoms with Crippen molar-refractivity contribution in [2.24, 2.45) is 0 Å². The number of amides is 1. The van der Waals surface area contributed by atoms with Crippen LogP contribution in [-0.4, -0.2) is 41.2 Å². The Kier molecular flexibility index (Phi) is 8.86. The summed E-state index contributed by atoms with van der Waals surface area (Å²) in [6.45, 7) is 2.74. The highest BCUT2D eigenvalue weighted by molar-refractivity contribution is 7.89. The van der Waals surface area contributed by atoms with Crippen molar-refractivity contribution in [3.63, 3.8) is 0 Å². The van der Waals surface area contributed by atoms with E-state index in [1.165, 1.54) is 63.5 Å². The van der Waals surface area contributed by atoms with Crippen LogP contribution in [0.1, 0.15) is 30.4 Å². The summed E-state index contributed by atoms with van der Waals surface area (Å²) in [7, 11) is -3.76. The van der Waals surface area contributed by atoms with Crippen molar-refractivity contribution in [2.75, 3.05) is 18.4 Å². The molecular weight excluding hydrogens is 603 g/mol. The SMILES string of the molecule is Cc1ccc(-n2c(=O)/c(=C\c3ccc([N+](=O)[O-])cc3)s/c2=C(/C#N)C(=O)Nc2cccc(S(=O)(=O)N3CCCCC3)c2)cc1. The monoisotopic (exact) mass is 629 g/mol. The van der Waals surface area contributed by atoms with E-state index in [0.29, 0.717) is 24.3 Å². The van der Waals surface area contributed by atoms with Crippen LogP contribution in [-0.2, 0) is 14.8 Å². The first-order valence-electron chi connectivity index (χ1n) is 13.7. The third kappa shape index (κ3) is 6.37. The van der Waals surface area contributed by atoms with E-state index < -0.39 is 26.4 Å². The molecule has 1 aliphatic rings. The molecule has 224 valence electrons. The number of aromatic nitrogens is 1. The summed E-state index contributed by atoms with van der Waals surface area (Å²) in [6, 6.07) is 20.4. The lowest BCUT2D eigenvalue weighted by Gasteiger charge is -2.26. The number of anilines is 1. The number of hydrogen-bond donors (Lipinski definition) is 1. The molecule has 0 aliphatic carbocycles. The number of nitrogens with one attached hydrogen (secondary N) is 1. The molecule has 1 aliphatic heterocycles. The Hall–Kier alpha value is -4.90. The van der Waals surface area contributed by atoms with Crippen LogP contribution >= 0.6 is 11.3 Å². The van der Waals surface area contributed by atoms with Crippen LogP contribution < -0.4 is 20.1 Å². The highest BCUT2D eigenvalue weighted by Crippen LogP contribution is 2.23. The van der Waals surface area contributed by atoms with Gasteiger partial charge in [0.2, 0.25) is 10.0 Å². The molecule has 0 unspecified atom stereocenters. The van der Waals surface area contributed by atoms with E-state index in [1.54, 1.807) is 24.3 Å². The van der Waals surface area contributed by atoms with Crippen LogP contribution in [0.25, 0.3) is 17.3 Å². The van der Waals surface area contributed by atoms with E-state index in [-0.39, 0.29) is 31.0 Å². The van der Waals surface area contributed by atoms with Gasteiger partial charge in [0.15, 0.2) is 5.57 Å². The van der Waals surface area contributed by atoms with E-state index in [2.05, 4.69) is 5.32 Å². The zero-order chi connectivity index (χ0) is 31.4. The summed E-state index contributed by atoms with van der Waals surface area (Å²) in [5, 5.41) is 23.8. The number of hydrogen-bond acceptors (Lipinski definition) is 8. The Bertz CT molecular complexity index is 2070. The van der Waals surface area contributed by atoms with Crippen molar-refractivity contribution in [3.05, 3.63) is 114 Å². The molecule has 0 spiro atoms. The van der Waals surface area contributed by atoms with Crippen molar-refractivity contribution < 1.29 is 18.1 Å². The van der Waals surface area contributed by atoms with Gasteiger partial charge in [0.25, 0.3) is 17.2 Å². The number of nitro benzene ring substituents is 1. The zero-order valence-corrected chi connectivity index (χ0v) is 25.2. The van der Waals surface area contributed by atoms with Crippen molar-refractivity contribution in [2.45, 2.75) is 31.1 Å². The highest BCUT2D eigenvalue weighted by atomic mass is 32.2. The molecule has 13 heteroatoms.